The van der Waals surface area contributed by atoms with Crippen LogP contribution >= 0.6 is 0 Å². The van der Waals surface area contributed by atoms with Gasteiger partial charge >= 0.3 is 0 Å². The van der Waals surface area contributed by atoms with Crippen LogP contribution in [0.5, 0.6) is 0 Å². The lowest BCUT2D eigenvalue weighted by Gasteiger charge is -2.38. The number of unbranched alkanes of at least 4 members (excludes halogenated alkanes) is 1. The van der Waals surface area contributed by atoms with Crippen LogP contribution in [0.15, 0.2) is 164 Å². The molecule has 0 spiro atoms. The second-order valence-electron chi connectivity index (χ2n) is 17.4. The lowest BCUT2D eigenvalue weighted by Crippen LogP contribution is -2.29. The molecule has 0 aliphatic heterocycles. The highest BCUT2D eigenvalue weighted by atomic mass is 14.5. The number of hydrogen-bond acceptors (Lipinski definition) is 0. The third-order valence-electron chi connectivity index (χ3n) is 14.1. The monoisotopic (exact) mass is 724 g/mol. The van der Waals surface area contributed by atoms with E-state index in [2.05, 4.69) is 185 Å². The predicted molar refractivity (Wildman–Crippen MR) is 236 cm³/mol. The van der Waals surface area contributed by atoms with E-state index >= 15 is 0 Å². The van der Waals surface area contributed by atoms with E-state index in [0.717, 1.165) is 0 Å². The summed E-state index contributed by atoms with van der Waals surface area (Å²) in [5.41, 5.74) is 20.1. The minimum atomic E-state index is -0.488. The Balaban J connectivity index is 1.17. The van der Waals surface area contributed by atoms with Crippen molar-refractivity contribution in [2.75, 3.05) is 0 Å². The second kappa shape index (κ2) is 13.6. The summed E-state index contributed by atoms with van der Waals surface area (Å²) in [5.74, 6) is 0. The standard InChI is InChI=1S/C56H52/c1-4-5-33-55(34-13-6-14-35-55)42-22-15-19-39(36-42)40-20-16-23-43(37-40)56(50-30-11-7-25-46(50)47-26-8-12-31-51(47)56)44-24-17-21-41(38-44)45-28-18-32-52-53(45)48-27-9-10-29-49(48)54(52,2)3/h7-12,15-32,36-38H,4-6,13-14,33-35H2,1-3H3. The van der Waals surface area contributed by atoms with Crippen LogP contribution < -0.4 is 0 Å². The van der Waals surface area contributed by atoms with E-state index in [1.165, 1.54) is 129 Å². The summed E-state index contributed by atoms with van der Waals surface area (Å²) in [6, 6.07) is 63.0. The van der Waals surface area contributed by atoms with Crippen LogP contribution in [0.1, 0.15) is 111 Å². The largest absolute Gasteiger partial charge is 0.0713 e. The molecule has 0 bridgehead atoms. The molecule has 56 heavy (non-hydrogen) atoms. The molecule has 276 valence electrons. The molecule has 0 amide bonds. The van der Waals surface area contributed by atoms with E-state index in [1.807, 2.05) is 0 Å². The van der Waals surface area contributed by atoms with Gasteiger partial charge in [0.05, 0.1) is 5.41 Å². The number of fused-ring (bicyclic) bond motifs is 6. The predicted octanol–water partition coefficient (Wildman–Crippen LogP) is 15.1. The van der Waals surface area contributed by atoms with Crippen LogP contribution in [0, 0.1) is 0 Å². The first-order valence-corrected chi connectivity index (χ1v) is 21.2. The Bertz CT molecular complexity index is 2550. The van der Waals surface area contributed by atoms with Crippen LogP contribution in [0.3, 0.4) is 0 Å². The molecule has 1 fully saturated rings. The normalized spacial score (nSPS) is 16.8. The van der Waals surface area contributed by atoms with Crippen molar-refractivity contribution in [3.05, 3.63) is 203 Å². The van der Waals surface area contributed by atoms with E-state index in [1.54, 1.807) is 5.56 Å². The summed E-state index contributed by atoms with van der Waals surface area (Å²) in [6.45, 7) is 7.10. The Hall–Kier alpha value is -5.46. The van der Waals surface area contributed by atoms with Gasteiger partial charge < -0.3 is 0 Å². The highest BCUT2D eigenvalue weighted by molar-refractivity contribution is 5.93. The quantitative estimate of drug-likeness (QED) is 0.146. The van der Waals surface area contributed by atoms with Crippen LogP contribution in [-0.4, -0.2) is 0 Å². The summed E-state index contributed by atoms with van der Waals surface area (Å²) < 4.78 is 0. The summed E-state index contributed by atoms with van der Waals surface area (Å²) in [6.07, 6.45) is 10.6. The highest BCUT2D eigenvalue weighted by Crippen LogP contribution is 2.58. The summed E-state index contributed by atoms with van der Waals surface area (Å²) in [5, 5.41) is 0. The van der Waals surface area contributed by atoms with E-state index in [-0.39, 0.29) is 5.41 Å². The fourth-order valence-corrected chi connectivity index (χ4v) is 11.3. The maximum Gasteiger partial charge on any atom is 0.0713 e. The molecule has 1 saturated carbocycles. The van der Waals surface area contributed by atoms with E-state index in [0.29, 0.717) is 5.41 Å². The molecule has 3 aliphatic rings. The molecule has 7 aromatic rings. The lowest BCUT2D eigenvalue weighted by atomic mass is 9.66. The van der Waals surface area contributed by atoms with Gasteiger partial charge in [0.1, 0.15) is 0 Å². The number of hydrogen-bond donors (Lipinski definition) is 0. The summed E-state index contributed by atoms with van der Waals surface area (Å²) >= 11 is 0. The van der Waals surface area contributed by atoms with Gasteiger partial charge in [-0.2, -0.15) is 0 Å². The lowest BCUT2D eigenvalue weighted by molar-refractivity contribution is 0.267. The molecule has 0 heterocycles. The Morgan fingerprint density at radius 1 is 0.429 bits per heavy atom. The number of rotatable bonds is 8. The van der Waals surface area contributed by atoms with Gasteiger partial charge in [-0.05, 0) is 120 Å². The van der Waals surface area contributed by atoms with Crippen molar-refractivity contribution in [1.29, 1.82) is 0 Å². The summed E-state index contributed by atoms with van der Waals surface area (Å²) in [4.78, 5) is 0. The minimum absolute atomic E-state index is 0.0471. The molecule has 0 heteroatoms. The first kappa shape index (κ1) is 35.0. The molecule has 0 aromatic heterocycles. The third-order valence-corrected chi connectivity index (χ3v) is 14.1. The Morgan fingerprint density at radius 2 is 0.911 bits per heavy atom. The van der Waals surface area contributed by atoms with E-state index in [9.17, 15) is 0 Å². The molecular formula is C56H52. The fraction of sp³-hybridized carbons (Fsp3) is 0.250. The van der Waals surface area contributed by atoms with Crippen molar-refractivity contribution in [3.8, 4) is 44.5 Å². The average molecular weight is 725 g/mol. The van der Waals surface area contributed by atoms with Gasteiger partial charge in [0, 0.05) is 5.41 Å². The minimum Gasteiger partial charge on any atom is -0.0654 e. The third kappa shape index (κ3) is 5.25. The van der Waals surface area contributed by atoms with Crippen molar-refractivity contribution in [2.24, 2.45) is 0 Å². The molecule has 0 N–H and O–H groups in total. The SMILES string of the molecule is CCCCC1(c2cccc(-c3cccc(C4(c5cccc(-c6cccc7c6-c6ccccc6C7(C)C)c5)c5ccccc5-c5ccccc54)c3)c2)CCCCC1. The van der Waals surface area contributed by atoms with Crippen molar-refractivity contribution in [1.82, 2.24) is 0 Å². The summed E-state index contributed by atoms with van der Waals surface area (Å²) in [7, 11) is 0. The first-order chi connectivity index (χ1) is 27.5. The molecule has 7 aromatic carbocycles. The molecule has 0 saturated heterocycles. The van der Waals surface area contributed by atoms with Crippen LogP contribution in [0.25, 0.3) is 44.5 Å². The molecule has 10 rings (SSSR count). The Morgan fingerprint density at radius 3 is 1.55 bits per heavy atom. The Labute approximate surface area is 334 Å². The maximum absolute atomic E-state index is 2.55. The van der Waals surface area contributed by atoms with Gasteiger partial charge in [-0.3, -0.25) is 0 Å². The van der Waals surface area contributed by atoms with Crippen LogP contribution in [-0.2, 0) is 16.2 Å². The topological polar surface area (TPSA) is 0 Å². The van der Waals surface area contributed by atoms with E-state index < -0.39 is 5.41 Å². The number of benzene rings is 7. The second-order valence-corrected chi connectivity index (χ2v) is 17.4. The highest BCUT2D eigenvalue weighted by Gasteiger charge is 2.46. The van der Waals surface area contributed by atoms with Crippen LogP contribution in [0.2, 0.25) is 0 Å². The zero-order chi connectivity index (χ0) is 37.9. The van der Waals surface area contributed by atoms with Gasteiger partial charge in [-0.15, -0.1) is 0 Å². The van der Waals surface area contributed by atoms with Crippen molar-refractivity contribution < 1.29 is 0 Å². The average Bonchev–Trinajstić information content (AvgIpc) is 3.69. The van der Waals surface area contributed by atoms with Crippen LogP contribution in [0.4, 0.5) is 0 Å². The van der Waals surface area contributed by atoms with Gasteiger partial charge in [0.2, 0.25) is 0 Å². The fourth-order valence-electron chi connectivity index (χ4n) is 11.3. The van der Waals surface area contributed by atoms with Gasteiger partial charge in [-0.25, -0.2) is 0 Å². The molecule has 0 radical (unpaired) electrons. The van der Waals surface area contributed by atoms with Gasteiger partial charge in [0.15, 0.2) is 0 Å². The van der Waals surface area contributed by atoms with Crippen molar-refractivity contribution in [2.45, 2.75) is 88.4 Å². The first-order valence-electron chi connectivity index (χ1n) is 21.2. The van der Waals surface area contributed by atoms with Gasteiger partial charge in [-0.1, -0.05) is 205 Å². The van der Waals surface area contributed by atoms with Crippen molar-refractivity contribution >= 4 is 0 Å². The Kier molecular flexibility index (Phi) is 8.52. The van der Waals surface area contributed by atoms with Crippen molar-refractivity contribution in [3.63, 3.8) is 0 Å². The zero-order valence-electron chi connectivity index (χ0n) is 33.2. The smallest absolute Gasteiger partial charge is 0.0654 e. The molecular weight excluding hydrogens is 673 g/mol. The molecule has 0 unspecified atom stereocenters. The maximum atomic E-state index is 2.55. The molecule has 0 nitrogen and oxygen atoms in total. The zero-order valence-corrected chi connectivity index (χ0v) is 33.2. The molecule has 3 aliphatic carbocycles. The van der Waals surface area contributed by atoms with Gasteiger partial charge in [0.25, 0.3) is 0 Å². The van der Waals surface area contributed by atoms with E-state index in [4.69, 9.17) is 0 Å². The molecule has 0 atom stereocenters.